The van der Waals surface area contributed by atoms with Gasteiger partial charge in [-0.05, 0) is 42.2 Å². The first kappa shape index (κ1) is 21.7. The number of nitrogens with two attached hydrogens (primary N) is 1. The lowest BCUT2D eigenvalue weighted by atomic mass is 10.0. The van der Waals surface area contributed by atoms with Crippen molar-refractivity contribution in [2.45, 2.75) is 25.6 Å². The van der Waals surface area contributed by atoms with Crippen LogP contribution in [0.25, 0.3) is 22.0 Å². The Morgan fingerprint density at radius 3 is 2.50 bits per heavy atom. The van der Waals surface area contributed by atoms with E-state index in [0.717, 1.165) is 48.1 Å². The molecule has 168 valence electrons. The Balaban J connectivity index is 1.70. The molecule has 7 nitrogen and oxygen atoms in total. The maximum atomic E-state index is 12.5. The SMILES string of the molecule is CNc1nc(N)nc2cc(-c3ccc(COC(=O)C(F)(F)F)c(N4CCCC4)c3)ccc12. The first-order valence-corrected chi connectivity index (χ1v) is 10.1. The number of hydrogen-bond donors (Lipinski definition) is 2. The summed E-state index contributed by atoms with van der Waals surface area (Å²) in [4.78, 5) is 21.8. The molecular weight excluding hydrogens is 423 g/mol. The molecule has 0 radical (unpaired) electrons. The second-order valence-electron chi connectivity index (χ2n) is 7.52. The molecule has 0 aliphatic carbocycles. The highest BCUT2D eigenvalue weighted by Crippen LogP contribution is 2.33. The zero-order valence-corrected chi connectivity index (χ0v) is 17.4. The van der Waals surface area contributed by atoms with Crippen LogP contribution in [-0.4, -0.2) is 42.3 Å². The van der Waals surface area contributed by atoms with Crippen molar-refractivity contribution < 1.29 is 22.7 Å². The van der Waals surface area contributed by atoms with Crippen LogP contribution in [0.2, 0.25) is 0 Å². The average Bonchev–Trinajstić information content (AvgIpc) is 3.30. The summed E-state index contributed by atoms with van der Waals surface area (Å²) in [5, 5.41) is 3.82. The van der Waals surface area contributed by atoms with E-state index in [1.165, 1.54) is 0 Å². The minimum Gasteiger partial charge on any atom is -0.454 e. The molecule has 1 saturated heterocycles. The molecule has 1 fully saturated rings. The van der Waals surface area contributed by atoms with E-state index >= 15 is 0 Å². The van der Waals surface area contributed by atoms with Crippen LogP contribution in [0.15, 0.2) is 36.4 Å². The number of rotatable bonds is 5. The Morgan fingerprint density at radius 1 is 1.12 bits per heavy atom. The summed E-state index contributed by atoms with van der Waals surface area (Å²) in [5.74, 6) is -1.42. The van der Waals surface area contributed by atoms with Crippen LogP contribution in [0.5, 0.6) is 0 Å². The third kappa shape index (κ3) is 4.39. The van der Waals surface area contributed by atoms with Gasteiger partial charge in [-0.2, -0.15) is 18.2 Å². The van der Waals surface area contributed by atoms with Gasteiger partial charge in [0.15, 0.2) is 0 Å². The van der Waals surface area contributed by atoms with Crippen LogP contribution in [0.1, 0.15) is 18.4 Å². The number of alkyl halides is 3. The number of aromatic nitrogens is 2. The maximum absolute atomic E-state index is 12.5. The molecule has 32 heavy (non-hydrogen) atoms. The minimum absolute atomic E-state index is 0.151. The number of carbonyl (C=O) groups is 1. The van der Waals surface area contributed by atoms with Gasteiger partial charge in [0.05, 0.1) is 5.52 Å². The molecule has 1 aromatic heterocycles. The largest absolute Gasteiger partial charge is 0.490 e. The molecule has 10 heteroatoms. The van der Waals surface area contributed by atoms with E-state index in [1.54, 1.807) is 19.2 Å². The van der Waals surface area contributed by atoms with Gasteiger partial charge in [-0.25, -0.2) is 9.78 Å². The van der Waals surface area contributed by atoms with Gasteiger partial charge < -0.3 is 20.7 Å². The van der Waals surface area contributed by atoms with E-state index in [-0.39, 0.29) is 5.95 Å². The molecule has 0 saturated carbocycles. The van der Waals surface area contributed by atoms with E-state index in [1.807, 2.05) is 24.3 Å². The molecule has 2 heterocycles. The van der Waals surface area contributed by atoms with Gasteiger partial charge in [0.25, 0.3) is 0 Å². The number of hydrogen-bond acceptors (Lipinski definition) is 7. The van der Waals surface area contributed by atoms with Crippen molar-refractivity contribution in [3.8, 4) is 11.1 Å². The summed E-state index contributed by atoms with van der Waals surface area (Å²) in [6, 6.07) is 11.1. The Morgan fingerprint density at radius 2 is 1.81 bits per heavy atom. The van der Waals surface area contributed by atoms with E-state index in [0.29, 0.717) is 16.9 Å². The third-order valence-electron chi connectivity index (χ3n) is 5.41. The third-order valence-corrected chi connectivity index (χ3v) is 5.41. The molecule has 0 bridgehead atoms. The number of nitrogen functional groups attached to an aromatic ring is 1. The standard InChI is InChI=1S/C22H22F3N5O2/c1-27-19-16-7-6-13(10-17(16)28-21(26)29-19)14-4-5-15(12-32-20(31)22(23,24)25)18(11-14)30-8-2-3-9-30/h4-7,10-11H,2-3,8-9,12H2,1H3,(H3,26,27,28,29). The fourth-order valence-corrected chi connectivity index (χ4v) is 3.86. The van der Waals surface area contributed by atoms with Crippen molar-refractivity contribution in [2.75, 3.05) is 36.1 Å². The van der Waals surface area contributed by atoms with Crippen LogP contribution in [0, 0.1) is 0 Å². The van der Waals surface area contributed by atoms with Crippen molar-refractivity contribution in [3.63, 3.8) is 0 Å². The van der Waals surface area contributed by atoms with Crippen molar-refractivity contribution in [1.29, 1.82) is 0 Å². The Labute approximate surface area is 182 Å². The van der Waals surface area contributed by atoms with Crippen LogP contribution in [-0.2, 0) is 16.1 Å². The Hall–Kier alpha value is -3.56. The van der Waals surface area contributed by atoms with Gasteiger partial charge >= 0.3 is 12.1 Å². The van der Waals surface area contributed by atoms with E-state index in [9.17, 15) is 18.0 Å². The van der Waals surface area contributed by atoms with Crippen molar-refractivity contribution in [2.24, 2.45) is 0 Å². The fourth-order valence-electron chi connectivity index (χ4n) is 3.86. The summed E-state index contributed by atoms with van der Waals surface area (Å²) < 4.78 is 42.1. The van der Waals surface area contributed by atoms with E-state index in [4.69, 9.17) is 5.73 Å². The Kier molecular flexibility index (Phi) is 5.77. The Bertz CT molecular complexity index is 1160. The molecule has 1 aliphatic rings. The quantitative estimate of drug-likeness (QED) is 0.571. The molecule has 0 atom stereocenters. The van der Waals surface area contributed by atoms with Crippen LogP contribution < -0.4 is 16.0 Å². The number of anilines is 3. The number of nitrogens with one attached hydrogen (secondary N) is 1. The highest BCUT2D eigenvalue weighted by Gasteiger charge is 2.41. The molecule has 0 amide bonds. The number of nitrogens with zero attached hydrogens (tertiary/aromatic N) is 3. The number of halogens is 3. The molecule has 0 spiro atoms. The summed E-state index contributed by atoms with van der Waals surface area (Å²) in [7, 11) is 1.75. The summed E-state index contributed by atoms with van der Waals surface area (Å²) in [6.07, 6.45) is -3.04. The highest BCUT2D eigenvalue weighted by atomic mass is 19.4. The number of carbonyl (C=O) groups excluding carboxylic acids is 1. The number of ether oxygens (including phenoxy) is 1. The maximum Gasteiger partial charge on any atom is 0.490 e. The van der Waals surface area contributed by atoms with Crippen LogP contribution in [0.4, 0.5) is 30.6 Å². The average molecular weight is 445 g/mol. The monoisotopic (exact) mass is 445 g/mol. The van der Waals surface area contributed by atoms with Gasteiger partial charge in [0.1, 0.15) is 12.4 Å². The lowest BCUT2D eigenvalue weighted by Crippen LogP contribution is -2.26. The number of fused-ring (bicyclic) bond motifs is 1. The van der Waals surface area contributed by atoms with Crippen molar-refractivity contribution in [1.82, 2.24) is 9.97 Å². The summed E-state index contributed by atoms with van der Waals surface area (Å²) >= 11 is 0. The second-order valence-corrected chi connectivity index (χ2v) is 7.52. The summed E-state index contributed by atoms with van der Waals surface area (Å²) in [6.45, 7) is 1.13. The zero-order valence-electron chi connectivity index (χ0n) is 17.4. The smallest absolute Gasteiger partial charge is 0.454 e. The van der Waals surface area contributed by atoms with Crippen LogP contribution >= 0.6 is 0 Å². The normalized spacial score (nSPS) is 14.1. The molecule has 2 aromatic carbocycles. The molecule has 3 N–H and O–H groups in total. The van der Waals surface area contributed by atoms with E-state index in [2.05, 4.69) is 24.9 Å². The fraction of sp³-hybridized carbons (Fsp3) is 0.318. The van der Waals surface area contributed by atoms with Crippen molar-refractivity contribution >= 4 is 34.3 Å². The van der Waals surface area contributed by atoms with Gasteiger partial charge in [-0.3, -0.25) is 0 Å². The number of benzene rings is 2. The van der Waals surface area contributed by atoms with Gasteiger partial charge in [0.2, 0.25) is 5.95 Å². The minimum atomic E-state index is -5.02. The van der Waals surface area contributed by atoms with E-state index < -0.39 is 18.8 Å². The molecule has 4 rings (SSSR count). The molecular formula is C22H22F3N5O2. The summed E-state index contributed by atoms with van der Waals surface area (Å²) in [5.41, 5.74) is 9.50. The van der Waals surface area contributed by atoms with Crippen LogP contribution in [0.3, 0.4) is 0 Å². The predicted molar refractivity (Wildman–Crippen MR) is 116 cm³/mol. The van der Waals surface area contributed by atoms with Crippen molar-refractivity contribution in [3.05, 3.63) is 42.0 Å². The molecule has 1 aliphatic heterocycles. The predicted octanol–water partition coefficient (Wildman–Crippen LogP) is 4.13. The first-order chi connectivity index (χ1) is 15.3. The van der Waals surface area contributed by atoms with Gasteiger partial charge in [-0.1, -0.05) is 18.2 Å². The number of esters is 1. The first-order valence-electron chi connectivity index (χ1n) is 10.1. The van der Waals surface area contributed by atoms with Gasteiger partial charge in [0, 0.05) is 36.8 Å². The highest BCUT2D eigenvalue weighted by molar-refractivity contribution is 5.93. The zero-order chi connectivity index (χ0) is 22.9. The second kappa shape index (κ2) is 8.52. The topological polar surface area (TPSA) is 93.4 Å². The molecule has 3 aromatic rings. The van der Waals surface area contributed by atoms with Gasteiger partial charge in [-0.15, -0.1) is 0 Å². The molecule has 0 unspecified atom stereocenters. The lowest BCUT2D eigenvalue weighted by molar-refractivity contribution is -0.201. The lowest BCUT2D eigenvalue weighted by Gasteiger charge is -2.22.